The molecule has 8 nitrogen and oxygen atoms in total. The number of anilines is 1. The van der Waals surface area contributed by atoms with Crippen LogP contribution in [0.4, 0.5) is 5.13 Å². The van der Waals surface area contributed by atoms with E-state index in [-0.39, 0.29) is 41.9 Å². The molecular formula is C17H22N4O4S2. The van der Waals surface area contributed by atoms with Gasteiger partial charge in [0.15, 0.2) is 15.0 Å². The number of hydrazone groups is 1. The first-order chi connectivity index (χ1) is 12.8. The van der Waals surface area contributed by atoms with Gasteiger partial charge in [-0.3, -0.25) is 14.9 Å². The van der Waals surface area contributed by atoms with Crippen molar-refractivity contribution in [3.63, 3.8) is 0 Å². The lowest BCUT2D eigenvalue weighted by molar-refractivity contribution is -0.133. The van der Waals surface area contributed by atoms with E-state index in [1.165, 1.54) is 21.2 Å². The van der Waals surface area contributed by atoms with Crippen LogP contribution in [-0.4, -0.2) is 53.5 Å². The smallest absolute Gasteiger partial charge is 0.273 e. The van der Waals surface area contributed by atoms with Crippen molar-refractivity contribution in [2.75, 3.05) is 16.8 Å². The van der Waals surface area contributed by atoms with Crippen molar-refractivity contribution in [3.8, 4) is 0 Å². The van der Waals surface area contributed by atoms with Gasteiger partial charge in [0, 0.05) is 17.7 Å². The molecule has 1 aromatic heterocycles. The van der Waals surface area contributed by atoms with E-state index in [0.29, 0.717) is 17.5 Å². The minimum atomic E-state index is -3.13. The van der Waals surface area contributed by atoms with E-state index in [0.717, 1.165) is 25.0 Å². The second-order valence-electron chi connectivity index (χ2n) is 7.53. The van der Waals surface area contributed by atoms with Crippen molar-refractivity contribution >= 4 is 43.8 Å². The summed E-state index contributed by atoms with van der Waals surface area (Å²) in [6.07, 6.45) is 3.81. The van der Waals surface area contributed by atoms with Crippen LogP contribution in [0.5, 0.6) is 0 Å². The molecule has 1 fully saturated rings. The molecule has 1 N–H and O–H groups in total. The second-order valence-corrected chi connectivity index (χ2v) is 10.8. The highest BCUT2D eigenvalue weighted by Crippen LogP contribution is 2.32. The molecule has 2 atom stereocenters. The number of aryl methyl sites for hydroxylation is 1. The summed E-state index contributed by atoms with van der Waals surface area (Å²) in [6.45, 7) is 2.21. The van der Waals surface area contributed by atoms with Gasteiger partial charge in [0.05, 0.1) is 23.2 Å². The summed E-state index contributed by atoms with van der Waals surface area (Å²) in [5.41, 5.74) is 1.31. The number of aromatic nitrogens is 1. The number of sulfone groups is 1. The van der Waals surface area contributed by atoms with Crippen LogP contribution in [-0.2, 0) is 32.3 Å². The SMILES string of the molecule is C[C@@H]1CCc2nc(NC(=O)C3=NN([C@@H]4CCS(=O)(=O)C4)C(=O)CC3)sc2C1. The van der Waals surface area contributed by atoms with Gasteiger partial charge < -0.3 is 0 Å². The molecule has 4 rings (SSSR count). The van der Waals surface area contributed by atoms with Gasteiger partial charge in [0.1, 0.15) is 5.71 Å². The average molecular weight is 411 g/mol. The zero-order valence-corrected chi connectivity index (χ0v) is 16.7. The molecule has 146 valence electrons. The first-order valence-corrected chi connectivity index (χ1v) is 11.8. The Morgan fingerprint density at radius 2 is 2.07 bits per heavy atom. The van der Waals surface area contributed by atoms with Crippen LogP contribution in [0, 0.1) is 5.92 Å². The molecule has 3 aliphatic rings. The summed E-state index contributed by atoms with van der Waals surface area (Å²) in [5, 5.41) is 8.78. The highest BCUT2D eigenvalue weighted by molar-refractivity contribution is 7.91. The third kappa shape index (κ3) is 3.91. The van der Waals surface area contributed by atoms with Crippen LogP contribution in [0.25, 0.3) is 0 Å². The lowest BCUT2D eigenvalue weighted by Gasteiger charge is -2.27. The highest BCUT2D eigenvalue weighted by Gasteiger charge is 2.37. The molecule has 0 aromatic carbocycles. The van der Waals surface area contributed by atoms with E-state index in [2.05, 4.69) is 22.3 Å². The van der Waals surface area contributed by atoms with Crippen molar-refractivity contribution in [3.05, 3.63) is 10.6 Å². The Labute approximate surface area is 162 Å². The molecule has 27 heavy (non-hydrogen) atoms. The van der Waals surface area contributed by atoms with Gasteiger partial charge in [-0.15, -0.1) is 11.3 Å². The standard InChI is InChI=1S/C17H22N4O4S2/c1-10-2-3-12-14(8-10)26-17(18-12)19-16(23)13-4-5-15(22)21(20-13)11-6-7-27(24,25)9-11/h10-11H,2-9H2,1H3,(H,18,19,23)/t10-,11-/m1/s1. The van der Waals surface area contributed by atoms with Gasteiger partial charge in [-0.05, 0) is 31.6 Å². The fraction of sp³-hybridized carbons (Fsp3) is 0.647. The van der Waals surface area contributed by atoms with Crippen LogP contribution in [0.2, 0.25) is 0 Å². The van der Waals surface area contributed by atoms with E-state index >= 15 is 0 Å². The quantitative estimate of drug-likeness (QED) is 0.810. The summed E-state index contributed by atoms with van der Waals surface area (Å²) in [5.74, 6) is 0.00201. The maximum Gasteiger partial charge on any atom is 0.273 e. The number of carbonyl (C=O) groups is 2. The predicted molar refractivity (Wildman–Crippen MR) is 103 cm³/mol. The normalized spacial score (nSPS) is 27.2. The van der Waals surface area contributed by atoms with Crippen molar-refractivity contribution in [1.29, 1.82) is 0 Å². The lowest BCUT2D eigenvalue weighted by Crippen LogP contribution is -2.42. The number of thiazole rings is 1. The first-order valence-electron chi connectivity index (χ1n) is 9.20. The van der Waals surface area contributed by atoms with Crippen LogP contribution in [0.15, 0.2) is 5.10 Å². The van der Waals surface area contributed by atoms with Gasteiger partial charge in [0.25, 0.3) is 5.91 Å². The minimum absolute atomic E-state index is 0.0571. The van der Waals surface area contributed by atoms with E-state index in [1.54, 1.807) is 0 Å². The van der Waals surface area contributed by atoms with E-state index in [9.17, 15) is 18.0 Å². The summed E-state index contributed by atoms with van der Waals surface area (Å²) in [4.78, 5) is 30.5. The molecule has 0 saturated carbocycles. The van der Waals surface area contributed by atoms with E-state index < -0.39 is 15.9 Å². The van der Waals surface area contributed by atoms with Gasteiger partial charge in [0.2, 0.25) is 5.91 Å². The zero-order valence-electron chi connectivity index (χ0n) is 15.1. The van der Waals surface area contributed by atoms with Gasteiger partial charge in [-0.2, -0.15) is 5.10 Å². The predicted octanol–water partition coefficient (Wildman–Crippen LogP) is 1.37. The van der Waals surface area contributed by atoms with Gasteiger partial charge in [-0.25, -0.2) is 18.4 Å². The van der Waals surface area contributed by atoms with E-state index in [4.69, 9.17) is 0 Å². The van der Waals surface area contributed by atoms with Crippen LogP contribution < -0.4 is 5.32 Å². The highest BCUT2D eigenvalue weighted by atomic mass is 32.2. The Hall–Kier alpha value is -1.81. The lowest BCUT2D eigenvalue weighted by atomic mass is 9.93. The largest absolute Gasteiger partial charge is 0.297 e. The zero-order chi connectivity index (χ0) is 19.2. The molecule has 0 bridgehead atoms. The summed E-state index contributed by atoms with van der Waals surface area (Å²) >= 11 is 1.50. The molecule has 0 unspecified atom stereocenters. The topological polar surface area (TPSA) is 109 Å². The van der Waals surface area contributed by atoms with Crippen molar-refractivity contribution in [2.24, 2.45) is 11.0 Å². The monoisotopic (exact) mass is 410 g/mol. The van der Waals surface area contributed by atoms with Crippen LogP contribution in [0.3, 0.4) is 0 Å². The van der Waals surface area contributed by atoms with Crippen LogP contribution in [0.1, 0.15) is 43.2 Å². The Bertz CT molecular complexity index is 921. The number of carbonyl (C=O) groups excluding carboxylic acids is 2. The third-order valence-electron chi connectivity index (χ3n) is 5.28. The molecule has 10 heteroatoms. The molecule has 3 heterocycles. The second kappa shape index (κ2) is 6.97. The number of nitrogens with one attached hydrogen (secondary N) is 1. The average Bonchev–Trinajstić information content (AvgIpc) is 3.16. The molecule has 1 aliphatic carbocycles. The molecule has 1 aromatic rings. The maximum atomic E-state index is 12.6. The molecule has 2 aliphatic heterocycles. The first kappa shape index (κ1) is 18.5. The number of nitrogens with zero attached hydrogens (tertiary/aromatic N) is 3. The molecular weight excluding hydrogens is 388 g/mol. The maximum absolute atomic E-state index is 12.6. The summed E-state index contributed by atoms with van der Waals surface area (Å²) in [7, 11) is -3.13. The van der Waals surface area contributed by atoms with Crippen molar-refractivity contribution in [2.45, 2.75) is 51.5 Å². The number of hydrogen-bond donors (Lipinski definition) is 1. The number of amides is 2. The third-order valence-corrected chi connectivity index (χ3v) is 8.07. The molecule has 1 saturated heterocycles. The Morgan fingerprint density at radius 1 is 1.26 bits per heavy atom. The molecule has 2 amide bonds. The number of hydrogen-bond acceptors (Lipinski definition) is 7. The molecule has 0 radical (unpaired) electrons. The van der Waals surface area contributed by atoms with Crippen LogP contribution >= 0.6 is 11.3 Å². The van der Waals surface area contributed by atoms with Crippen molar-refractivity contribution in [1.82, 2.24) is 9.99 Å². The van der Waals surface area contributed by atoms with Gasteiger partial charge in [-0.1, -0.05) is 6.92 Å². The summed E-state index contributed by atoms with van der Waals surface area (Å²) in [6, 6.07) is -0.473. The summed E-state index contributed by atoms with van der Waals surface area (Å²) < 4.78 is 23.4. The Kier molecular flexibility index (Phi) is 4.79. The number of fused-ring (bicyclic) bond motifs is 1. The Balaban J connectivity index is 1.48. The fourth-order valence-corrected chi connectivity index (χ4v) is 6.61. The number of rotatable bonds is 3. The minimum Gasteiger partial charge on any atom is -0.297 e. The Morgan fingerprint density at radius 3 is 2.81 bits per heavy atom. The van der Waals surface area contributed by atoms with Crippen molar-refractivity contribution < 1.29 is 18.0 Å². The van der Waals surface area contributed by atoms with E-state index in [1.807, 2.05) is 0 Å². The molecule has 0 spiro atoms. The van der Waals surface area contributed by atoms with Gasteiger partial charge >= 0.3 is 0 Å². The fourth-order valence-electron chi connectivity index (χ4n) is 3.75.